The minimum atomic E-state index is 0.0887. The molecule has 0 aliphatic carbocycles. The summed E-state index contributed by atoms with van der Waals surface area (Å²) in [5, 5.41) is 4.57. The van der Waals surface area contributed by atoms with Gasteiger partial charge in [0, 0.05) is 31.5 Å². The first-order valence-corrected chi connectivity index (χ1v) is 9.27. The van der Waals surface area contributed by atoms with E-state index in [4.69, 9.17) is 0 Å². The van der Waals surface area contributed by atoms with Gasteiger partial charge in [-0.15, -0.1) is 0 Å². The van der Waals surface area contributed by atoms with Crippen molar-refractivity contribution in [2.75, 3.05) is 13.1 Å². The topological polar surface area (TPSA) is 55.4 Å². The Morgan fingerprint density at radius 2 is 1.96 bits per heavy atom. The molecule has 6 heteroatoms. The van der Waals surface area contributed by atoms with Crippen molar-refractivity contribution in [3.63, 3.8) is 0 Å². The average molecular weight is 351 g/mol. The van der Waals surface area contributed by atoms with Crippen LogP contribution in [0.25, 0.3) is 5.65 Å². The summed E-state index contributed by atoms with van der Waals surface area (Å²) in [6.45, 7) is 8.58. The molecular weight excluding hydrogens is 326 g/mol. The maximum Gasteiger partial charge on any atom is 0.272 e. The summed E-state index contributed by atoms with van der Waals surface area (Å²) >= 11 is 0. The number of imidazole rings is 1. The molecule has 0 bridgehead atoms. The molecule has 4 heterocycles. The molecule has 26 heavy (non-hydrogen) atoms. The molecule has 1 aliphatic heterocycles. The summed E-state index contributed by atoms with van der Waals surface area (Å²) in [5.74, 6) is 0.658. The van der Waals surface area contributed by atoms with Gasteiger partial charge in [0.2, 0.25) is 0 Å². The normalized spacial score (nSPS) is 15.7. The Morgan fingerprint density at radius 3 is 2.65 bits per heavy atom. The number of piperidine rings is 1. The van der Waals surface area contributed by atoms with Crippen molar-refractivity contribution in [1.82, 2.24) is 24.1 Å². The predicted octanol–water partition coefficient (Wildman–Crippen LogP) is 3.01. The number of aryl methyl sites for hydroxylation is 3. The minimum Gasteiger partial charge on any atom is -0.337 e. The number of nitrogens with zero attached hydrogens (tertiary/aromatic N) is 5. The van der Waals surface area contributed by atoms with E-state index in [0.29, 0.717) is 11.6 Å². The highest BCUT2D eigenvalue weighted by Crippen LogP contribution is 2.22. The van der Waals surface area contributed by atoms with E-state index in [-0.39, 0.29) is 5.91 Å². The van der Waals surface area contributed by atoms with Gasteiger partial charge in [0.25, 0.3) is 5.91 Å². The molecule has 1 fully saturated rings. The smallest absolute Gasteiger partial charge is 0.272 e. The van der Waals surface area contributed by atoms with Crippen molar-refractivity contribution in [3.8, 4) is 0 Å². The van der Waals surface area contributed by atoms with Crippen molar-refractivity contribution in [3.05, 3.63) is 53.2 Å². The van der Waals surface area contributed by atoms with Gasteiger partial charge < -0.3 is 4.90 Å². The van der Waals surface area contributed by atoms with Gasteiger partial charge in [0.15, 0.2) is 0 Å². The van der Waals surface area contributed by atoms with Gasteiger partial charge in [-0.3, -0.25) is 13.9 Å². The fourth-order valence-corrected chi connectivity index (χ4v) is 3.94. The highest BCUT2D eigenvalue weighted by Gasteiger charge is 2.27. The average Bonchev–Trinajstić information content (AvgIpc) is 3.12. The Kier molecular flexibility index (Phi) is 4.26. The highest BCUT2D eigenvalue weighted by atomic mass is 16.2. The van der Waals surface area contributed by atoms with E-state index in [1.807, 2.05) is 47.5 Å². The standard InChI is InChI=1S/C20H25N5O/c1-14-12-15(2)25(22-14)13-17-7-10-23(11-8-17)20(26)19-16(3)21-18-6-4-5-9-24(18)19/h4-6,9,12,17H,7-8,10-11,13H2,1-3H3. The van der Waals surface area contributed by atoms with Crippen LogP contribution in [0.3, 0.4) is 0 Å². The maximum atomic E-state index is 13.1. The number of hydrogen-bond acceptors (Lipinski definition) is 3. The van der Waals surface area contributed by atoms with E-state index in [1.165, 1.54) is 5.69 Å². The number of fused-ring (bicyclic) bond motifs is 1. The minimum absolute atomic E-state index is 0.0887. The van der Waals surface area contributed by atoms with Crippen LogP contribution in [0.5, 0.6) is 0 Å². The zero-order valence-electron chi connectivity index (χ0n) is 15.6. The number of carbonyl (C=O) groups is 1. The quantitative estimate of drug-likeness (QED) is 0.729. The van der Waals surface area contributed by atoms with E-state index in [0.717, 1.165) is 49.5 Å². The SMILES string of the molecule is Cc1cc(C)n(CC2CCN(C(=O)c3c(C)nc4ccccn34)CC2)n1. The summed E-state index contributed by atoms with van der Waals surface area (Å²) in [7, 11) is 0. The van der Waals surface area contributed by atoms with Crippen molar-refractivity contribution in [1.29, 1.82) is 0 Å². The molecule has 1 aliphatic rings. The van der Waals surface area contributed by atoms with Crippen LogP contribution in [0.1, 0.15) is 40.4 Å². The molecule has 4 rings (SSSR count). The largest absolute Gasteiger partial charge is 0.337 e. The van der Waals surface area contributed by atoms with Crippen LogP contribution in [0.15, 0.2) is 30.5 Å². The first-order valence-electron chi connectivity index (χ1n) is 9.27. The lowest BCUT2D eigenvalue weighted by atomic mass is 9.96. The summed E-state index contributed by atoms with van der Waals surface area (Å²) in [5.41, 5.74) is 4.59. The summed E-state index contributed by atoms with van der Waals surface area (Å²) < 4.78 is 4.01. The maximum absolute atomic E-state index is 13.1. The van der Waals surface area contributed by atoms with Gasteiger partial charge in [-0.2, -0.15) is 5.10 Å². The molecule has 0 unspecified atom stereocenters. The summed E-state index contributed by atoms with van der Waals surface area (Å²) in [4.78, 5) is 19.6. The van der Waals surface area contributed by atoms with Crippen LogP contribution in [0.2, 0.25) is 0 Å². The molecule has 0 aromatic carbocycles. The Labute approximate surface area is 153 Å². The molecule has 1 amide bonds. The lowest BCUT2D eigenvalue weighted by Gasteiger charge is -2.32. The second-order valence-corrected chi connectivity index (χ2v) is 7.32. The first kappa shape index (κ1) is 16.8. The third-order valence-electron chi connectivity index (χ3n) is 5.34. The molecule has 136 valence electrons. The molecule has 0 radical (unpaired) electrons. The molecule has 3 aromatic heterocycles. The lowest BCUT2D eigenvalue weighted by Crippen LogP contribution is -2.40. The van der Waals surface area contributed by atoms with Crippen molar-refractivity contribution < 1.29 is 4.79 Å². The van der Waals surface area contributed by atoms with Gasteiger partial charge in [-0.05, 0) is 57.7 Å². The van der Waals surface area contributed by atoms with E-state index in [1.54, 1.807) is 0 Å². The third-order valence-corrected chi connectivity index (χ3v) is 5.34. The van der Waals surface area contributed by atoms with Crippen LogP contribution < -0.4 is 0 Å². The molecule has 1 saturated heterocycles. The number of amides is 1. The van der Waals surface area contributed by atoms with Crippen molar-refractivity contribution in [2.45, 2.75) is 40.2 Å². The Morgan fingerprint density at radius 1 is 1.19 bits per heavy atom. The van der Waals surface area contributed by atoms with Crippen LogP contribution in [0.4, 0.5) is 0 Å². The molecule has 0 atom stereocenters. The molecule has 6 nitrogen and oxygen atoms in total. The Hall–Kier alpha value is -2.63. The second-order valence-electron chi connectivity index (χ2n) is 7.32. The van der Waals surface area contributed by atoms with E-state index in [2.05, 4.69) is 27.8 Å². The zero-order valence-corrected chi connectivity index (χ0v) is 15.6. The number of hydrogen-bond donors (Lipinski definition) is 0. The second kappa shape index (κ2) is 6.59. The molecule has 3 aromatic rings. The zero-order chi connectivity index (χ0) is 18.3. The molecule has 0 saturated carbocycles. The van der Waals surface area contributed by atoms with Crippen molar-refractivity contribution >= 4 is 11.6 Å². The fraction of sp³-hybridized carbons (Fsp3) is 0.450. The Bertz CT molecular complexity index is 946. The Balaban J connectivity index is 1.45. The van der Waals surface area contributed by atoms with E-state index < -0.39 is 0 Å². The van der Waals surface area contributed by atoms with Crippen LogP contribution in [-0.4, -0.2) is 43.1 Å². The summed E-state index contributed by atoms with van der Waals surface area (Å²) in [6, 6.07) is 7.93. The van der Waals surface area contributed by atoms with Gasteiger partial charge in [-0.25, -0.2) is 4.98 Å². The highest BCUT2D eigenvalue weighted by molar-refractivity contribution is 5.94. The van der Waals surface area contributed by atoms with Crippen LogP contribution in [0, 0.1) is 26.7 Å². The summed E-state index contributed by atoms with van der Waals surface area (Å²) in [6.07, 6.45) is 3.94. The van der Waals surface area contributed by atoms with Crippen LogP contribution in [-0.2, 0) is 6.54 Å². The van der Waals surface area contributed by atoms with E-state index >= 15 is 0 Å². The predicted molar refractivity (Wildman–Crippen MR) is 100 cm³/mol. The molecular formula is C20H25N5O. The van der Waals surface area contributed by atoms with Crippen molar-refractivity contribution in [2.24, 2.45) is 5.92 Å². The molecule has 0 N–H and O–H groups in total. The van der Waals surface area contributed by atoms with Gasteiger partial charge >= 0.3 is 0 Å². The number of aromatic nitrogens is 4. The third kappa shape index (κ3) is 3.00. The number of pyridine rings is 1. The van der Waals surface area contributed by atoms with Gasteiger partial charge in [-0.1, -0.05) is 6.07 Å². The lowest BCUT2D eigenvalue weighted by molar-refractivity contribution is 0.0673. The number of likely N-dealkylation sites (tertiary alicyclic amines) is 1. The fourth-order valence-electron chi connectivity index (χ4n) is 3.94. The van der Waals surface area contributed by atoms with Crippen LogP contribution >= 0.6 is 0 Å². The first-order chi connectivity index (χ1) is 12.5. The monoisotopic (exact) mass is 351 g/mol. The van der Waals surface area contributed by atoms with Gasteiger partial charge in [0.05, 0.1) is 11.4 Å². The van der Waals surface area contributed by atoms with E-state index in [9.17, 15) is 4.79 Å². The molecule has 0 spiro atoms. The van der Waals surface area contributed by atoms with Gasteiger partial charge in [0.1, 0.15) is 11.3 Å². The number of rotatable bonds is 3. The number of carbonyl (C=O) groups excluding carboxylic acids is 1.